The van der Waals surface area contributed by atoms with Crippen molar-refractivity contribution in [1.82, 2.24) is 10.2 Å². The summed E-state index contributed by atoms with van der Waals surface area (Å²) in [5.74, 6) is 1.62. The Morgan fingerprint density at radius 3 is 2.67 bits per heavy atom. The van der Waals surface area contributed by atoms with Crippen LogP contribution in [0.3, 0.4) is 0 Å². The number of benzene rings is 1. The van der Waals surface area contributed by atoms with Crippen LogP contribution in [0.25, 0.3) is 0 Å². The molecule has 0 aliphatic carbocycles. The van der Waals surface area contributed by atoms with Gasteiger partial charge in [-0.1, -0.05) is 19.1 Å². The molecule has 1 aliphatic heterocycles. The molecule has 21 heavy (non-hydrogen) atoms. The number of hydrogen-bond acceptors (Lipinski definition) is 4. The fourth-order valence-electron chi connectivity index (χ4n) is 2.89. The van der Waals surface area contributed by atoms with Crippen molar-refractivity contribution >= 4 is 0 Å². The number of nitrogens with zero attached hydrogens (tertiary/aromatic N) is 1. The van der Waals surface area contributed by atoms with Crippen LogP contribution in [-0.2, 0) is 0 Å². The monoisotopic (exact) mass is 292 g/mol. The molecule has 1 aromatic rings. The van der Waals surface area contributed by atoms with Gasteiger partial charge in [-0.15, -0.1) is 0 Å². The molecule has 118 valence electrons. The Labute approximate surface area is 128 Å². The average Bonchev–Trinajstić information content (AvgIpc) is 2.47. The predicted octanol–water partition coefficient (Wildman–Crippen LogP) is 2.54. The molecule has 1 aliphatic rings. The van der Waals surface area contributed by atoms with Crippen LogP contribution in [0, 0.1) is 0 Å². The van der Waals surface area contributed by atoms with Crippen molar-refractivity contribution in [3.05, 3.63) is 24.3 Å². The van der Waals surface area contributed by atoms with Gasteiger partial charge in [0.1, 0.15) is 6.61 Å². The normalized spacial score (nSPS) is 22.0. The summed E-state index contributed by atoms with van der Waals surface area (Å²) in [4.78, 5) is 2.53. The first-order valence-electron chi connectivity index (χ1n) is 7.80. The third kappa shape index (κ3) is 4.35. The van der Waals surface area contributed by atoms with Crippen molar-refractivity contribution in [1.29, 1.82) is 0 Å². The van der Waals surface area contributed by atoms with E-state index in [4.69, 9.17) is 9.47 Å². The molecular formula is C17H28N2O2. The van der Waals surface area contributed by atoms with Gasteiger partial charge in [0, 0.05) is 31.2 Å². The standard InChI is InChI=1S/C17H28N2O2/c1-5-14-12-18-17(2,3)13-19(14)10-11-21-16-9-7-6-8-15(16)20-4/h6-9,14,18H,5,10-13H2,1-4H3. The largest absolute Gasteiger partial charge is 0.493 e. The zero-order valence-corrected chi connectivity index (χ0v) is 13.7. The molecule has 1 saturated heterocycles. The van der Waals surface area contributed by atoms with E-state index in [2.05, 4.69) is 31.0 Å². The molecule has 1 heterocycles. The molecule has 0 bridgehead atoms. The Hall–Kier alpha value is -1.26. The second kappa shape index (κ2) is 7.14. The van der Waals surface area contributed by atoms with Gasteiger partial charge in [-0.05, 0) is 32.4 Å². The van der Waals surface area contributed by atoms with E-state index in [1.54, 1.807) is 7.11 Å². The summed E-state index contributed by atoms with van der Waals surface area (Å²) < 4.78 is 11.2. The number of ether oxygens (including phenoxy) is 2. The van der Waals surface area contributed by atoms with Crippen molar-refractivity contribution in [3.63, 3.8) is 0 Å². The molecule has 0 radical (unpaired) electrons. The molecule has 0 spiro atoms. The highest BCUT2D eigenvalue weighted by Crippen LogP contribution is 2.26. The summed E-state index contributed by atoms with van der Waals surface area (Å²) in [6.07, 6.45) is 1.16. The number of para-hydroxylation sites is 2. The highest BCUT2D eigenvalue weighted by Gasteiger charge is 2.31. The topological polar surface area (TPSA) is 33.7 Å². The maximum atomic E-state index is 5.90. The van der Waals surface area contributed by atoms with Gasteiger partial charge in [0.2, 0.25) is 0 Å². The Bertz CT molecular complexity index is 448. The van der Waals surface area contributed by atoms with Crippen LogP contribution in [-0.4, -0.2) is 49.8 Å². The lowest BCUT2D eigenvalue weighted by Crippen LogP contribution is -2.61. The second-order valence-corrected chi connectivity index (χ2v) is 6.30. The average molecular weight is 292 g/mol. The second-order valence-electron chi connectivity index (χ2n) is 6.30. The molecule has 1 atom stereocenters. The van der Waals surface area contributed by atoms with Gasteiger partial charge in [-0.25, -0.2) is 0 Å². The van der Waals surface area contributed by atoms with Crippen molar-refractivity contribution in [3.8, 4) is 11.5 Å². The molecule has 4 heteroatoms. The van der Waals surface area contributed by atoms with Crippen LogP contribution in [0.2, 0.25) is 0 Å². The number of methoxy groups -OCH3 is 1. The van der Waals surface area contributed by atoms with Crippen molar-refractivity contribution in [2.45, 2.75) is 38.8 Å². The fourth-order valence-corrected chi connectivity index (χ4v) is 2.89. The number of nitrogens with one attached hydrogen (secondary N) is 1. The molecule has 0 saturated carbocycles. The molecule has 1 fully saturated rings. The Morgan fingerprint density at radius 1 is 1.29 bits per heavy atom. The first kappa shape index (κ1) is 16.1. The van der Waals surface area contributed by atoms with E-state index in [-0.39, 0.29) is 5.54 Å². The minimum absolute atomic E-state index is 0.177. The van der Waals surface area contributed by atoms with Gasteiger partial charge in [0.05, 0.1) is 7.11 Å². The van der Waals surface area contributed by atoms with Crippen molar-refractivity contribution in [2.75, 3.05) is 33.4 Å². The Kier molecular flexibility index (Phi) is 5.48. The maximum absolute atomic E-state index is 5.90. The van der Waals surface area contributed by atoms with Crippen LogP contribution in [0.1, 0.15) is 27.2 Å². The van der Waals surface area contributed by atoms with Crippen molar-refractivity contribution < 1.29 is 9.47 Å². The number of hydrogen-bond donors (Lipinski definition) is 1. The lowest BCUT2D eigenvalue weighted by atomic mass is 9.98. The highest BCUT2D eigenvalue weighted by atomic mass is 16.5. The van der Waals surface area contributed by atoms with E-state index in [9.17, 15) is 0 Å². The van der Waals surface area contributed by atoms with Crippen molar-refractivity contribution in [2.24, 2.45) is 0 Å². The van der Waals surface area contributed by atoms with E-state index >= 15 is 0 Å². The smallest absolute Gasteiger partial charge is 0.161 e. The Morgan fingerprint density at radius 2 is 2.00 bits per heavy atom. The first-order valence-corrected chi connectivity index (χ1v) is 7.80. The molecule has 2 rings (SSSR count). The molecular weight excluding hydrogens is 264 g/mol. The van der Waals surface area contributed by atoms with E-state index in [0.717, 1.165) is 37.6 Å². The van der Waals surface area contributed by atoms with Gasteiger partial charge >= 0.3 is 0 Å². The summed E-state index contributed by atoms with van der Waals surface area (Å²) in [6, 6.07) is 8.41. The van der Waals surface area contributed by atoms with Gasteiger partial charge in [0.15, 0.2) is 11.5 Å². The predicted molar refractivity (Wildman–Crippen MR) is 86.2 cm³/mol. The third-order valence-electron chi connectivity index (χ3n) is 4.11. The highest BCUT2D eigenvalue weighted by molar-refractivity contribution is 5.39. The summed E-state index contributed by atoms with van der Waals surface area (Å²) in [5.41, 5.74) is 0.177. The van der Waals surface area contributed by atoms with E-state index in [1.807, 2.05) is 24.3 Å². The van der Waals surface area contributed by atoms with Gasteiger partial charge in [0.25, 0.3) is 0 Å². The minimum atomic E-state index is 0.177. The summed E-state index contributed by atoms with van der Waals surface area (Å²) in [7, 11) is 1.67. The van der Waals surface area contributed by atoms with Gasteiger partial charge in [-0.2, -0.15) is 0 Å². The van der Waals surface area contributed by atoms with Gasteiger partial charge in [-0.3, -0.25) is 4.90 Å². The van der Waals surface area contributed by atoms with E-state index in [1.165, 1.54) is 0 Å². The van der Waals surface area contributed by atoms with Gasteiger partial charge < -0.3 is 14.8 Å². The van der Waals surface area contributed by atoms with Crippen LogP contribution >= 0.6 is 0 Å². The van der Waals surface area contributed by atoms with Crippen LogP contribution in [0.4, 0.5) is 0 Å². The van der Waals surface area contributed by atoms with E-state index < -0.39 is 0 Å². The van der Waals surface area contributed by atoms with Crippen LogP contribution in [0.5, 0.6) is 11.5 Å². The SMILES string of the molecule is CCC1CNC(C)(C)CN1CCOc1ccccc1OC. The third-order valence-corrected chi connectivity index (χ3v) is 4.11. The molecule has 0 amide bonds. The molecule has 1 unspecified atom stereocenters. The summed E-state index contributed by atoms with van der Waals surface area (Å²) in [6.45, 7) is 10.5. The lowest BCUT2D eigenvalue weighted by Gasteiger charge is -2.44. The lowest BCUT2D eigenvalue weighted by molar-refractivity contribution is 0.0777. The maximum Gasteiger partial charge on any atom is 0.161 e. The minimum Gasteiger partial charge on any atom is -0.493 e. The van der Waals surface area contributed by atoms with Crippen LogP contribution in [0.15, 0.2) is 24.3 Å². The first-order chi connectivity index (χ1) is 10.1. The van der Waals surface area contributed by atoms with Crippen LogP contribution < -0.4 is 14.8 Å². The molecule has 1 N–H and O–H groups in total. The quantitative estimate of drug-likeness (QED) is 0.873. The molecule has 1 aromatic carbocycles. The van der Waals surface area contributed by atoms with E-state index in [0.29, 0.717) is 12.6 Å². The zero-order valence-electron chi connectivity index (χ0n) is 13.7. The Balaban J connectivity index is 1.89. The number of piperazine rings is 1. The molecule has 0 aromatic heterocycles. The summed E-state index contributed by atoms with van der Waals surface area (Å²) in [5, 5.41) is 3.61. The molecule has 4 nitrogen and oxygen atoms in total. The zero-order chi connectivity index (χ0) is 15.3. The number of rotatable bonds is 6. The summed E-state index contributed by atoms with van der Waals surface area (Å²) >= 11 is 0. The fraction of sp³-hybridized carbons (Fsp3) is 0.647.